The lowest BCUT2D eigenvalue weighted by Crippen LogP contribution is -2.24. The number of carbonyl (C=O) groups is 1. The van der Waals surface area contributed by atoms with Crippen LogP contribution in [-0.2, 0) is 9.05 Å². The summed E-state index contributed by atoms with van der Waals surface area (Å²) in [5.74, 6) is -0.280. The summed E-state index contributed by atoms with van der Waals surface area (Å²) in [6, 6.07) is 4.49. The lowest BCUT2D eigenvalue weighted by atomic mass is 10.1. The zero-order valence-electron chi connectivity index (χ0n) is 11.1. The molecule has 6 heteroatoms. The molecule has 0 atom stereocenters. The van der Waals surface area contributed by atoms with Crippen molar-refractivity contribution in [3.05, 3.63) is 29.3 Å². The third kappa shape index (κ3) is 4.84. The van der Waals surface area contributed by atoms with Gasteiger partial charge in [0, 0.05) is 22.8 Å². The second kappa shape index (κ2) is 6.91. The van der Waals surface area contributed by atoms with Crippen molar-refractivity contribution in [2.75, 3.05) is 6.54 Å². The van der Waals surface area contributed by atoms with E-state index < -0.39 is 9.05 Å². The van der Waals surface area contributed by atoms with Gasteiger partial charge >= 0.3 is 0 Å². The van der Waals surface area contributed by atoms with Crippen molar-refractivity contribution in [2.24, 2.45) is 0 Å². The van der Waals surface area contributed by atoms with Crippen LogP contribution in [0.2, 0.25) is 0 Å². The van der Waals surface area contributed by atoms with E-state index in [0.717, 1.165) is 19.3 Å². The van der Waals surface area contributed by atoms with Gasteiger partial charge in [0.2, 0.25) is 0 Å². The minimum absolute atomic E-state index is 0.0182. The number of rotatable bonds is 6. The quantitative estimate of drug-likeness (QED) is 0.649. The molecular weight excluding hydrogens is 286 g/mol. The van der Waals surface area contributed by atoms with Gasteiger partial charge in [-0.15, -0.1) is 0 Å². The zero-order chi connectivity index (χ0) is 14.5. The number of hydrogen-bond donors (Lipinski definition) is 1. The lowest BCUT2D eigenvalue weighted by molar-refractivity contribution is 0.0952. The van der Waals surface area contributed by atoms with Gasteiger partial charge in [0.1, 0.15) is 0 Å². The normalized spacial score (nSPS) is 11.3. The fourth-order valence-electron chi connectivity index (χ4n) is 1.68. The van der Waals surface area contributed by atoms with Crippen molar-refractivity contribution in [3.8, 4) is 0 Å². The molecule has 1 rings (SSSR count). The van der Waals surface area contributed by atoms with Crippen LogP contribution in [0.15, 0.2) is 23.1 Å². The Bertz CT molecular complexity index is 555. The molecule has 0 unspecified atom stereocenters. The number of amides is 1. The molecular formula is C13H18ClNO3S. The minimum Gasteiger partial charge on any atom is -0.352 e. The van der Waals surface area contributed by atoms with Gasteiger partial charge in [-0.2, -0.15) is 0 Å². The van der Waals surface area contributed by atoms with Gasteiger partial charge < -0.3 is 5.32 Å². The van der Waals surface area contributed by atoms with Gasteiger partial charge in [-0.1, -0.05) is 25.8 Å². The molecule has 19 heavy (non-hydrogen) atoms. The summed E-state index contributed by atoms with van der Waals surface area (Å²) in [5.41, 5.74) is 0.832. The van der Waals surface area contributed by atoms with Gasteiger partial charge in [0.05, 0.1) is 4.90 Å². The van der Waals surface area contributed by atoms with Crippen LogP contribution in [0.5, 0.6) is 0 Å². The summed E-state index contributed by atoms with van der Waals surface area (Å²) < 4.78 is 22.7. The summed E-state index contributed by atoms with van der Waals surface area (Å²) in [7, 11) is 1.50. The van der Waals surface area contributed by atoms with Gasteiger partial charge in [0.15, 0.2) is 0 Å². The molecule has 0 radical (unpaired) electrons. The molecule has 0 spiro atoms. The van der Waals surface area contributed by atoms with Gasteiger partial charge in [-0.25, -0.2) is 8.42 Å². The molecule has 1 aromatic rings. The number of unbranched alkanes of at least 4 members (excludes halogenated alkanes) is 2. The van der Waals surface area contributed by atoms with E-state index in [9.17, 15) is 13.2 Å². The van der Waals surface area contributed by atoms with E-state index in [1.807, 2.05) is 0 Å². The average Bonchev–Trinajstić information content (AvgIpc) is 2.33. The Labute approximate surface area is 118 Å². The molecule has 0 aromatic heterocycles. The van der Waals surface area contributed by atoms with Gasteiger partial charge in [0.25, 0.3) is 15.0 Å². The molecule has 0 bridgehead atoms. The van der Waals surface area contributed by atoms with Crippen molar-refractivity contribution in [1.29, 1.82) is 0 Å². The van der Waals surface area contributed by atoms with E-state index >= 15 is 0 Å². The Balaban J connectivity index is 2.82. The van der Waals surface area contributed by atoms with Crippen LogP contribution in [0.4, 0.5) is 0 Å². The van der Waals surface area contributed by atoms with E-state index in [0.29, 0.717) is 17.7 Å². The smallest absolute Gasteiger partial charge is 0.261 e. The average molecular weight is 304 g/mol. The molecule has 0 aliphatic heterocycles. The Hall–Kier alpha value is -1.07. The highest BCUT2D eigenvalue weighted by Crippen LogP contribution is 2.20. The lowest BCUT2D eigenvalue weighted by Gasteiger charge is -2.07. The van der Waals surface area contributed by atoms with Gasteiger partial charge in [-0.05, 0) is 31.0 Å². The largest absolute Gasteiger partial charge is 0.352 e. The second-order valence-electron chi connectivity index (χ2n) is 4.38. The molecule has 1 amide bonds. The molecule has 0 saturated carbocycles. The summed E-state index contributed by atoms with van der Waals surface area (Å²) in [6.07, 6.45) is 3.04. The number of aryl methyl sites for hydroxylation is 1. The third-order valence-corrected chi connectivity index (χ3v) is 4.24. The summed E-state index contributed by atoms with van der Waals surface area (Å²) >= 11 is 0. The monoisotopic (exact) mass is 303 g/mol. The number of carbonyl (C=O) groups excluding carboxylic acids is 1. The Morgan fingerprint density at radius 2 is 2.00 bits per heavy atom. The number of halogens is 1. The molecule has 1 N–H and O–H groups in total. The molecule has 0 fully saturated rings. The molecule has 4 nitrogen and oxygen atoms in total. The van der Waals surface area contributed by atoms with E-state index in [2.05, 4.69) is 12.2 Å². The summed E-state index contributed by atoms with van der Waals surface area (Å²) in [4.78, 5) is 11.8. The van der Waals surface area contributed by atoms with Gasteiger partial charge in [-0.3, -0.25) is 4.79 Å². The van der Waals surface area contributed by atoms with E-state index in [-0.39, 0.29) is 10.8 Å². The van der Waals surface area contributed by atoms with Crippen molar-refractivity contribution in [1.82, 2.24) is 5.32 Å². The predicted molar refractivity (Wildman–Crippen MR) is 76.1 cm³/mol. The van der Waals surface area contributed by atoms with E-state index in [4.69, 9.17) is 10.7 Å². The maximum Gasteiger partial charge on any atom is 0.261 e. The SMILES string of the molecule is CCCCCNC(=O)c1ccc(C)c(S(=O)(=O)Cl)c1. The molecule has 0 heterocycles. The Morgan fingerprint density at radius 1 is 1.32 bits per heavy atom. The van der Waals surface area contributed by atoms with Crippen LogP contribution in [-0.4, -0.2) is 20.9 Å². The highest BCUT2D eigenvalue weighted by Gasteiger charge is 2.16. The molecule has 1 aromatic carbocycles. The first kappa shape index (κ1) is 16.0. The number of nitrogens with one attached hydrogen (secondary N) is 1. The highest BCUT2D eigenvalue weighted by atomic mass is 35.7. The van der Waals surface area contributed by atoms with Crippen LogP contribution in [0.1, 0.15) is 42.1 Å². The molecule has 0 aliphatic carbocycles. The summed E-state index contributed by atoms with van der Waals surface area (Å²) in [6.45, 7) is 4.31. The minimum atomic E-state index is -3.83. The molecule has 0 saturated heterocycles. The fourth-order valence-corrected chi connectivity index (χ4v) is 2.90. The highest BCUT2D eigenvalue weighted by molar-refractivity contribution is 8.13. The number of hydrogen-bond acceptors (Lipinski definition) is 3. The topological polar surface area (TPSA) is 63.2 Å². The van der Waals surface area contributed by atoms with Crippen LogP contribution in [0.25, 0.3) is 0 Å². The Kier molecular flexibility index (Phi) is 5.82. The fraction of sp³-hybridized carbons (Fsp3) is 0.462. The predicted octanol–water partition coefficient (Wildman–Crippen LogP) is 2.84. The van der Waals surface area contributed by atoms with Crippen LogP contribution < -0.4 is 5.32 Å². The standard InChI is InChI=1S/C13H18ClNO3S/c1-3-4-5-8-15-13(16)11-7-6-10(2)12(9-11)19(14,17)18/h6-7,9H,3-5,8H2,1-2H3,(H,15,16). The van der Waals surface area contributed by atoms with Crippen molar-refractivity contribution < 1.29 is 13.2 Å². The molecule has 106 valence electrons. The van der Waals surface area contributed by atoms with Crippen molar-refractivity contribution in [3.63, 3.8) is 0 Å². The Morgan fingerprint density at radius 3 is 2.58 bits per heavy atom. The first-order chi connectivity index (χ1) is 8.86. The van der Waals surface area contributed by atoms with E-state index in [1.165, 1.54) is 6.07 Å². The third-order valence-electron chi connectivity index (χ3n) is 2.78. The first-order valence-corrected chi connectivity index (χ1v) is 8.50. The number of benzene rings is 1. The van der Waals surface area contributed by atoms with Crippen molar-refractivity contribution in [2.45, 2.75) is 38.0 Å². The van der Waals surface area contributed by atoms with Crippen LogP contribution in [0.3, 0.4) is 0 Å². The first-order valence-electron chi connectivity index (χ1n) is 6.19. The maximum absolute atomic E-state index is 11.8. The van der Waals surface area contributed by atoms with E-state index in [1.54, 1.807) is 19.1 Å². The van der Waals surface area contributed by atoms with Crippen LogP contribution in [0, 0.1) is 6.92 Å². The maximum atomic E-state index is 11.8. The molecule has 0 aliphatic rings. The second-order valence-corrected chi connectivity index (χ2v) is 6.92. The van der Waals surface area contributed by atoms with Crippen LogP contribution >= 0.6 is 10.7 Å². The van der Waals surface area contributed by atoms with Crippen molar-refractivity contribution >= 4 is 25.6 Å². The zero-order valence-corrected chi connectivity index (χ0v) is 12.6. The summed E-state index contributed by atoms with van der Waals surface area (Å²) in [5, 5.41) is 2.76.